The number of unbranched alkanes of at least 4 members (excludes halogenated alkanes) is 1. The van der Waals surface area contributed by atoms with Gasteiger partial charge in [0.2, 0.25) is 0 Å². The zero-order chi connectivity index (χ0) is 8.97. The van der Waals surface area contributed by atoms with E-state index in [1.165, 1.54) is 6.42 Å². The van der Waals surface area contributed by atoms with E-state index >= 15 is 0 Å². The molecule has 0 aliphatic carbocycles. The Balaban J connectivity index is 0.00000144. The lowest BCUT2D eigenvalue weighted by Gasteiger charge is -2.04. The first-order valence-corrected chi connectivity index (χ1v) is 5.30. The molecule has 0 unspecified atom stereocenters. The van der Waals surface area contributed by atoms with E-state index in [0.717, 1.165) is 22.0 Å². The molecule has 0 heterocycles. The van der Waals surface area contributed by atoms with E-state index in [2.05, 4.69) is 29.5 Å². The van der Waals surface area contributed by atoms with Crippen molar-refractivity contribution in [2.75, 3.05) is 0 Å². The number of aromatic hydroxyl groups is 1. The number of hydrogen-bond acceptors (Lipinski definition) is 1. The summed E-state index contributed by atoms with van der Waals surface area (Å²) in [7, 11) is 0. The fourth-order valence-corrected chi connectivity index (χ4v) is 1.68. The lowest BCUT2D eigenvalue weighted by molar-refractivity contribution is 0.463. The lowest BCUT2D eigenvalue weighted by Crippen LogP contribution is -1.87. The van der Waals surface area contributed by atoms with E-state index in [9.17, 15) is 5.11 Å². The maximum absolute atomic E-state index is 9.62. The molecule has 0 spiro atoms. The average Bonchev–Trinajstić information content (AvgIpc) is 2.08. The molecule has 0 saturated carbocycles. The van der Waals surface area contributed by atoms with Crippen LogP contribution in [-0.4, -0.2) is 5.11 Å². The van der Waals surface area contributed by atoms with Crippen LogP contribution in [0.15, 0.2) is 18.2 Å². The predicted molar refractivity (Wildman–Crippen MR) is 66.7 cm³/mol. The Labute approximate surface area is 99.1 Å². The van der Waals surface area contributed by atoms with E-state index in [4.69, 9.17) is 0 Å². The largest absolute Gasteiger partial charge is 0.507 e. The molecular formula is C10H14ClIO. The fourth-order valence-electron chi connectivity index (χ4n) is 1.13. The molecule has 0 saturated heterocycles. The summed E-state index contributed by atoms with van der Waals surface area (Å²) in [6.07, 6.45) is 3.30. The first kappa shape index (κ1) is 13.0. The molecule has 0 bridgehead atoms. The molecule has 0 aliphatic rings. The van der Waals surface area contributed by atoms with Crippen LogP contribution in [0.2, 0.25) is 0 Å². The minimum absolute atomic E-state index is 0. The van der Waals surface area contributed by atoms with Crippen molar-refractivity contribution in [3.8, 4) is 5.75 Å². The number of aryl methyl sites for hydroxylation is 1. The topological polar surface area (TPSA) is 20.2 Å². The van der Waals surface area contributed by atoms with Gasteiger partial charge in [0.1, 0.15) is 5.75 Å². The van der Waals surface area contributed by atoms with Crippen molar-refractivity contribution in [2.24, 2.45) is 0 Å². The third-order valence-electron chi connectivity index (χ3n) is 1.87. The van der Waals surface area contributed by atoms with E-state index < -0.39 is 0 Å². The van der Waals surface area contributed by atoms with Crippen LogP contribution in [0, 0.1) is 3.57 Å². The summed E-state index contributed by atoms with van der Waals surface area (Å²) in [6.45, 7) is 2.16. The van der Waals surface area contributed by atoms with Gasteiger partial charge in [-0.05, 0) is 47.1 Å². The minimum atomic E-state index is 0. The molecule has 1 aromatic rings. The van der Waals surface area contributed by atoms with Crippen LogP contribution in [-0.2, 0) is 6.42 Å². The number of halogens is 2. The van der Waals surface area contributed by atoms with Crippen molar-refractivity contribution in [2.45, 2.75) is 26.2 Å². The van der Waals surface area contributed by atoms with Gasteiger partial charge in [-0.25, -0.2) is 0 Å². The summed E-state index contributed by atoms with van der Waals surface area (Å²) >= 11 is 2.15. The van der Waals surface area contributed by atoms with Crippen LogP contribution >= 0.6 is 35.0 Å². The average molecular weight is 313 g/mol. The highest BCUT2D eigenvalue weighted by molar-refractivity contribution is 14.1. The standard InChI is InChI=1S/C10H13IO.ClH/c1-2-3-5-8-6-4-7-9(11)10(8)12;/h4,6-7,12H,2-3,5H2,1H3;1H. The first-order valence-electron chi connectivity index (χ1n) is 4.22. The Bertz CT molecular complexity index is 263. The Morgan fingerprint density at radius 3 is 2.69 bits per heavy atom. The molecule has 3 heteroatoms. The Morgan fingerprint density at radius 2 is 2.08 bits per heavy atom. The normalized spacial score (nSPS) is 9.38. The number of phenols is 1. The highest BCUT2D eigenvalue weighted by atomic mass is 127. The Hall–Kier alpha value is 0.0400. The number of rotatable bonds is 3. The van der Waals surface area contributed by atoms with E-state index in [0.29, 0.717) is 5.75 Å². The second-order valence-corrected chi connectivity index (χ2v) is 4.01. The van der Waals surface area contributed by atoms with Gasteiger partial charge in [-0.2, -0.15) is 0 Å². The molecule has 0 aliphatic heterocycles. The molecule has 0 radical (unpaired) electrons. The first-order chi connectivity index (χ1) is 5.75. The van der Waals surface area contributed by atoms with Crippen LogP contribution < -0.4 is 0 Å². The molecule has 1 N–H and O–H groups in total. The third-order valence-corrected chi connectivity index (χ3v) is 2.74. The van der Waals surface area contributed by atoms with Gasteiger partial charge in [0.25, 0.3) is 0 Å². The van der Waals surface area contributed by atoms with Gasteiger partial charge >= 0.3 is 0 Å². The maximum atomic E-state index is 9.62. The van der Waals surface area contributed by atoms with Gasteiger partial charge in [0.15, 0.2) is 0 Å². The summed E-state index contributed by atoms with van der Waals surface area (Å²) in [6, 6.07) is 5.91. The minimum Gasteiger partial charge on any atom is -0.507 e. The summed E-state index contributed by atoms with van der Waals surface area (Å²) in [4.78, 5) is 0. The zero-order valence-electron chi connectivity index (χ0n) is 7.59. The number of hydrogen-bond donors (Lipinski definition) is 1. The fraction of sp³-hybridized carbons (Fsp3) is 0.400. The van der Waals surface area contributed by atoms with Crippen molar-refractivity contribution >= 4 is 35.0 Å². The van der Waals surface area contributed by atoms with Crippen molar-refractivity contribution in [3.63, 3.8) is 0 Å². The molecule has 1 rings (SSSR count). The second kappa shape index (κ2) is 6.49. The molecule has 13 heavy (non-hydrogen) atoms. The molecule has 0 fully saturated rings. The van der Waals surface area contributed by atoms with Gasteiger partial charge in [0, 0.05) is 0 Å². The quantitative estimate of drug-likeness (QED) is 0.843. The summed E-state index contributed by atoms with van der Waals surface area (Å²) in [5.41, 5.74) is 1.07. The van der Waals surface area contributed by atoms with Crippen LogP contribution in [0.25, 0.3) is 0 Å². The molecule has 0 aromatic heterocycles. The molecule has 1 aromatic carbocycles. The van der Waals surface area contributed by atoms with Gasteiger partial charge in [-0.1, -0.05) is 25.5 Å². The van der Waals surface area contributed by atoms with Gasteiger partial charge < -0.3 is 5.11 Å². The van der Waals surface area contributed by atoms with Crippen molar-refractivity contribution in [1.82, 2.24) is 0 Å². The van der Waals surface area contributed by atoms with E-state index in [-0.39, 0.29) is 12.4 Å². The highest BCUT2D eigenvalue weighted by Gasteiger charge is 2.02. The summed E-state index contributed by atoms with van der Waals surface area (Å²) in [5, 5.41) is 9.62. The number of phenolic OH excluding ortho intramolecular Hbond substituents is 1. The molecule has 1 nitrogen and oxygen atoms in total. The Kier molecular flexibility index (Phi) is 6.51. The van der Waals surface area contributed by atoms with Crippen LogP contribution in [0.4, 0.5) is 0 Å². The van der Waals surface area contributed by atoms with Crippen LogP contribution in [0.5, 0.6) is 5.75 Å². The lowest BCUT2D eigenvalue weighted by atomic mass is 10.1. The Morgan fingerprint density at radius 1 is 1.38 bits per heavy atom. The second-order valence-electron chi connectivity index (χ2n) is 2.85. The predicted octanol–water partition coefficient (Wildman–Crippen LogP) is 3.76. The molecule has 0 atom stereocenters. The van der Waals surface area contributed by atoms with E-state index in [1.807, 2.05) is 18.2 Å². The van der Waals surface area contributed by atoms with Gasteiger partial charge in [-0.3, -0.25) is 0 Å². The SMILES string of the molecule is CCCCc1cccc(I)c1O.Cl. The smallest absolute Gasteiger partial charge is 0.132 e. The van der Waals surface area contributed by atoms with Crippen molar-refractivity contribution in [1.29, 1.82) is 0 Å². The summed E-state index contributed by atoms with van der Waals surface area (Å²) in [5.74, 6) is 0.464. The molecular weight excluding hydrogens is 298 g/mol. The zero-order valence-corrected chi connectivity index (χ0v) is 10.6. The summed E-state index contributed by atoms with van der Waals surface area (Å²) < 4.78 is 0.946. The van der Waals surface area contributed by atoms with Crippen molar-refractivity contribution < 1.29 is 5.11 Å². The van der Waals surface area contributed by atoms with Crippen LogP contribution in [0.3, 0.4) is 0 Å². The van der Waals surface area contributed by atoms with Gasteiger partial charge in [0.05, 0.1) is 3.57 Å². The monoisotopic (exact) mass is 312 g/mol. The van der Waals surface area contributed by atoms with Gasteiger partial charge in [-0.15, -0.1) is 12.4 Å². The van der Waals surface area contributed by atoms with Crippen LogP contribution in [0.1, 0.15) is 25.3 Å². The maximum Gasteiger partial charge on any atom is 0.132 e. The number of benzene rings is 1. The van der Waals surface area contributed by atoms with Crippen molar-refractivity contribution in [3.05, 3.63) is 27.3 Å². The molecule has 74 valence electrons. The third kappa shape index (κ3) is 3.73. The number of para-hydroxylation sites is 1. The van der Waals surface area contributed by atoms with E-state index in [1.54, 1.807) is 0 Å². The molecule has 0 amide bonds. The highest BCUT2D eigenvalue weighted by Crippen LogP contribution is 2.24.